The zero-order valence-corrected chi connectivity index (χ0v) is 12.2. The number of piperidine rings is 1. The van der Waals surface area contributed by atoms with Crippen LogP contribution < -0.4 is 5.14 Å². The summed E-state index contributed by atoms with van der Waals surface area (Å²) in [6.45, 7) is 2.47. The second kappa shape index (κ2) is 4.56. The predicted molar refractivity (Wildman–Crippen MR) is 74.7 cm³/mol. The SMILES string of the molecule is Cc1ccc(C(=O)N2CC3CCC2C3)cc1S(N)(=O)=O. The monoisotopic (exact) mass is 294 g/mol. The maximum Gasteiger partial charge on any atom is 0.254 e. The number of likely N-dealkylation sites (tertiary alicyclic amines) is 1. The van der Waals surface area contributed by atoms with E-state index in [1.165, 1.54) is 12.5 Å². The molecule has 20 heavy (non-hydrogen) atoms. The fourth-order valence-electron chi connectivity index (χ4n) is 3.38. The second-order valence-corrected chi connectivity index (χ2v) is 7.35. The van der Waals surface area contributed by atoms with E-state index >= 15 is 0 Å². The van der Waals surface area contributed by atoms with Crippen molar-refractivity contribution in [1.82, 2.24) is 4.90 Å². The lowest BCUT2D eigenvalue weighted by Crippen LogP contribution is -2.37. The summed E-state index contributed by atoms with van der Waals surface area (Å²) in [5, 5.41) is 5.19. The molecule has 0 radical (unpaired) electrons. The Morgan fingerprint density at radius 2 is 2.10 bits per heavy atom. The molecular formula is C14H18N2O3S. The van der Waals surface area contributed by atoms with Crippen molar-refractivity contribution >= 4 is 15.9 Å². The van der Waals surface area contributed by atoms with E-state index in [0.717, 1.165) is 19.4 Å². The number of carbonyl (C=O) groups is 1. The van der Waals surface area contributed by atoms with E-state index in [1.807, 2.05) is 4.90 Å². The Morgan fingerprint density at radius 1 is 1.35 bits per heavy atom. The van der Waals surface area contributed by atoms with Gasteiger partial charge < -0.3 is 4.90 Å². The number of fused-ring (bicyclic) bond motifs is 2. The van der Waals surface area contributed by atoms with Gasteiger partial charge in [-0.15, -0.1) is 0 Å². The van der Waals surface area contributed by atoms with E-state index in [1.54, 1.807) is 19.1 Å². The first kappa shape index (κ1) is 13.6. The molecule has 1 amide bonds. The van der Waals surface area contributed by atoms with E-state index in [2.05, 4.69) is 0 Å². The number of primary sulfonamides is 1. The maximum atomic E-state index is 12.5. The third kappa shape index (κ3) is 2.23. The molecule has 1 aliphatic carbocycles. The molecule has 0 spiro atoms. The summed E-state index contributed by atoms with van der Waals surface area (Å²) >= 11 is 0. The topological polar surface area (TPSA) is 80.5 Å². The molecule has 2 bridgehead atoms. The quantitative estimate of drug-likeness (QED) is 0.892. The Morgan fingerprint density at radius 3 is 2.65 bits per heavy atom. The largest absolute Gasteiger partial charge is 0.335 e. The first-order valence-electron chi connectivity index (χ1n) is 6.80. The molecule has 2 N–H and O–H groups in total. The zero-order valence-electron chi connectivity index (χ0n) is 11.4. The van der Waals surface area contributed by atoms with E-state index in [0.29, 0.717) is 23.1 Å². The standard InChI is InChI=1S/C14H18N2O3S/c1-9-2-4-11(7-13(9)20(15,18)19)14(17)16-8-10-3-5-12(16)6-10/h2,4,7,10,12H,3,5-6,8H2,1H3,(H2,15,18,19). The number of amides is 1. The zero-order chi connectivity index (χ0) is 14.5. The summed E-state index contributed by atoms with van der Waals surface area (Å²) in [7, 11) is -3.79. The molecule has 1 saturated carbocycles. The summed E-state index contributed by atoms with van der Waals surface area (Å²) < 4.78 is 23.1. The van der Waals surface area contributed by atoms with Crippen molar-refractivity contribution in [1.29, 1.82) is 0 Å². The molecule has 6 heteroatoms. The molecule has 108 valence electrons. The number of benzene rings is 1. The van der Waals surface area contributed by atoms with Gasteiger partial charge in [-0.05, 0) is 49.8 Å². The predicted octanol–water partition coefficient (Wildman–Crippen LogP) is 1.27. The molecule has 1 saturated heterocycles. The highest BCUT2D eigenvalue weighted by Crippen LogP contribution is 2.38. The second-order valence-electron chi connectivity index (χ2n) is 5.82. The van der Waals surface area contributed by atoms with Gasteiger partial charge in [0.25, 0.3) is 5.91 Å². The van der Waals surface area contributed by atoms with Crippen LogP contribution in [0.5, 0.6) is 0 Å². The Hall–Kier alpha value is -1.40. The van der Waals surface area contributed by atoms with Gasteiger partial charge in [-0.2, -0.15) is 0 Å². The molecule has 0 aromatic heterocycles. The Kier molecular flexibility index (Phi) is 3.10. The van der Waals surface area contributed by atoms with Gasteiger partial charge in [0, 0.05) is 18.2 Å². The lowest BCUT2D eigenvalue weighted by Gasteiger charge is -2.27. The summed E-state index contributed by atoms with van der Waals surface area (Å²) in [6, 6.07) is 5.05. The first-order chi connectivity index (χ1) is 9.36. The van der Waals surface area contributed by atoms with Crippen LogP contribution in [0.15, 0.2) is 23.1 Å². The molecule has 5 nitrogen and oxygen atoms in total. The molecular weight excluding hydrogens is 276 g/mol. The summed E-state index contributed by atoms with van der Waals surface area (Å²) in [5.41, 5.74) is 0.971. The smallest absolute Gasteiger partial charge is 0.254 e. The van der Waals surface area contributed by atoms with Crippen LogP contribution >= 0.6 is 0 Å². The molecule has 2 atom stereocenters. The molecule has 1 heterocycles. The van der Waals surface area contributed by atoms with Crippen molar-refractivity contribution in [2.75, 3.05) is 6.54 Å². The van der Waals surface area contributed by atoms with Gasteiger partial charge in [0.15, 0.2) is 0 Å². The normalized spacial score (nSPS) is 25.2. The number of nitrogens with zero attached hydrogens (tertiary/aromatic N) is 1. The van der Waals surface area contributed by atoms with Crippen LogP contribution in [0.25, 0.3) is 0 Å². The van der Waals surface area contributed by atoms with E-state index in [9.17, 15) is 13.2 Å². The van der Waals surface area contributed by atoms with Crippen molar-refractivity contribution < 1.29 is 13.2 Å². The van der Waals surface area contributed by atoms with Gasteiger partial charge in [-0.3, -0.25) is 4.79 Å². The highest BCUT2D eigenvalue weighted by atomic mass is 32.2. The molecule has 1 aromatic carbocycles. The number of nitrogens with two attached hydrogens (primary N) is 1. The van der Waals surface area contributed by atoms with Crippen LogP contribution in [0.3, 0.4) is 0 Å². The lowest BCUT2D eigenvalue weighted by atomic mass is 10.1. The molecule has 2 fully saturated rings. The fraction of sp³-hybridized carbons (Fsp3) is 0.500. The van der Waals surface area contributed by atoms with Crippen LogP contribution in [0, 0.1) is 12.8 Å². The summed E-state index contributed by atoms with van der Waals surface area (Å²) in [6.07, 6.45) is 3.34. The minimum absolute atomic E-state index is 0.0349. The van der Waals surface area contributed by atoms with Crippen molar-refractivity contribution in [2.24, 2.45) is 11.1 Å². The van der Waals surface area contributed by atoms with Gasteiger partial charge in [-0.25, -0.2) is 13.6 Å². The first-order valence-corrected chi connectivity index (χ1v) is 8.35. The maximum absolute atomic E-state index is 12.5. The average Bonchev–Trinajstić information content (AvgIpc) is 2.99. The van der Waals surface area contributed by atoms with Crippen molar-refractivity contribution in [3.05, 3.63) is 29.3 Å². The summed E-state index contributed by atoms with van der Waals surface area (Å²) in [5.74, 6) is 0.536. The highest BCUT2D eigenvalue weighted by molar-refractivity contribution is 7.89. The van der Waals surface area contributed by atoms with Gasteiger partial charge >= 0.3 is 0 Å². The molecule has 3 rings (SSSR count). The van der Waals surface area contributed by atoms with Crippen molar-refractivity contribution in [3.8, 4) is 0 Å². The van der Waals surface area contributed by atoms with Gasteiger partial charge in [0.05, 0.1) is 4.90 Å². The van der Waals surface area contributed by atoms with Gasteiger partial charge in [0.2, 0.25) is 10.0 Å². The molecule has 2 unspecified atom stereocenters. The number of carbonyl (C=O) groups excluding carboxylic acids is 1. The van der Waals surface area contributed by atoms with Crippen molar-refractivity contribution in [3.63, 3.8) is 0 Å². The van der Waals surface area contributed by atoms with Gasteiger partial charge in [-0.1, -0.05) is 6.07 Å². The Balaban J connectivity index is 1.93. The van der Waals surface area contributed by atoms with Crippen molar-refractivity contribution in [2.45, 2.75) is 37.1 Å². The van der Waals surface area contributed by atoms with E-state index < -0.39 is 10.0 Å². The molecule has 2 aliphatic rings. The fourth-order valence-corrected chi connectivity index (χ4v) is 4.19. The van der Waals surface area contributed by atoms with Crippen LogP contribution in [0.2, 0.25) is 0 Å². The Labute approximate surface area is 118 Å². The van der Waals surface area contributed by atoms with Crippen LogP contribution in [0.4, 0.5) is 0 Å². The molecule has 1 aromatic rings. The van der Waals surface area contributed by atoms with Gasteiger partial charge in [0.1, 0.15) is 0 Å². The molecule has 1 aliphatic heterocycles. The van der Waals surface area contributed by atoms with E-state index in [-0.39, 0.29) is 10.8 Å². The number of hydrogen-bond acceptors (Lipinski definition) is 3. The summed E-state index contributed by atoms with van der Waals surface area (Å²) in [4.78, 5) is 14.4. The average molecular weight is 294 g/mol. The van der Waals surface area contributed by atoms with Crippen LogP contribution in [-0.4, -0.2) is 31.8 Å². The van der Waals surface area contributed by atoms with Crippen LogP contribution in [-0.2, 0) is 10.0 Å². The lowest BCUT2D eigenvalue weighted by molar-refractivity contribution is 0.0703. The minimum atomic E-state index is -3.79. The number of rotatable bonds is 2. The van der Waals surface area contributed by atoms with Crippen LogP contribution in [0.1, 0.15) is 35.2 Å². The third-order valence-electron chi connectivity index (χ3n) is 4.41. The van der Waals surface area contributed by atoms with E-state index in [4.69, 9.17) is 5.14 Å². The third-order valence-corrected chi connectivity index (χ3v) is 5.46. The number of hydrogen-bond donors (Lipinski definition) is 1. The number of sulfonamides is 1. The highest BCUT2D eigenvalue weighted by Gasteiger charge is 2.40. The number of aryl methyl sites for hydroxylation is 1. The Bertz CT molecular complexity index is 669. The minimum Gasteiger partial charge on any atom is -0.335 e.